The number of aliphatic hydroxyl groups excluding tert-OH is 1. The lowest BCUT2D eigenvalue weighted by Crippen LogP contribution is -2.05. The van der Waals surface area contributed by atoms with Crippen LogP contribution in [0.25, 0.3) is 5.69 Å². The zero-order valence-electron chi connectivity index (χ0n) is 8.46. The molecule has 1 heterocycles. The minimum Gasteiger partial charge on any atom is -0.494 e. The molecule has 0 radical (unpaired) electrons. The predicted molar refractivity (Wildman–Crippen MR) is 51.6 cm³/mol. The summed E-state index contributed by atoms with van der Waals surface area (Å²) in [4.78, 5) is 0. The van der Waals surface area contributed by atoms with Crippen LogP contribution < -0.4 is 4.74 Å². The van der Waals surface area contributed by atoms with Crippen LogP contribution in [0.3, 0.4) is 0 Å². The average molecular weight is 224 g/mol. The third-order valence-electron chi connectivity index (χ3n) is 2.04. The first-order chi connectivity index (χ1) is 7.76. The van der Waals surface area contributed by atoms with Crippen molar-refractivity contribution >= 4 is 0 Å². The van der Waals surface area contributed by atoms with E-state index >= 15 is 0 Å². The minimum atomic E-state index is -0.435. The molecule has 7 heteroatoms. The predicted octanol–water partition coefficient (Wildman–Crippen LogP) is 0.302. The van der Waals surface area contributed by atoms with Gasteiger partial charge >= 0.3 is 0 Å². The van der Waals surface area contributed by atoms with Crippen molar-refractivity contribution in [2.45, 2.75) is 6.61 Å². The maximum absolute atomic E-state index is 13.1. The molecular formula is C9H9FN4O2. The monoisotopic (exact) mass is 224 g/mol. The van der Waals surface area contributed by atoms with Gasteiger partial charge in [-0.05, 0) is 22.6 Å². The van der Waals surface area contributed by atoms with Gasteiger partial charge in [-0.2, -0.15) is 4.68 Å². The second-order valence-corrected chi connectivity index (χ2v) is 2.98. The average Bonchev–Trinajstić information content (AvgIpc) is 2.76. The highest BCUT2D eigenvalue weighted by Gasteiger charge is 2.12. The van der Waals surface area contributed by atoms with Crippen LogP contribution in [0.5, 0.6) is 5.75 Å². The zero-order chi connectivity index (χ0) is 11.5. The Balaban J connectivity index is 2.58. The van der Waals surface area contributed by atoms with Gasteiger partial charge in [0.05, 0.1) is 7.11 Å². The third-order valence-corrected chi connectivity index (χ3v) is 2.04. The van der Waals surface area contributed by atoms with Crippen molar-refractivity contribution in [1.82, 2.24) is 20.2 Å². The van der Waals surface area contributed by atoms with Crippen LogP contribution >= 0.6 is 0 Å². The van der Waals surface area contributed by atoms with Crippen molar-refractivity contribution in [1.29, 1.82) is 0 Å². The van der Waals surface area contributed by atoms with E-state index in [0.717, 1.165) is 0 Å². The fourth-order valence-electron chi connectivity index (χ4n) is 1.32. The van der Waals surface area contributed by atoms with Gasteiger partial charge in [0, 0.05) is 6.07 Å². The van der Waals surface area contributed by atoms with Crippen LogP contribution in [0.4, 0.5) is 4.39 Å². The smallest absolute Gasteiger partial charge is 0.182 e. The van der Waals surface area contributed by atoms with Crippen molar-refractivity contribution in [3.05, 3.63) is 29.8 Å². The molecule has 16 heavy (non-hydrogen) atoms. The standard InChI is InChI=1S/C9H9FN4O2/c1-16-8-3-2-6(10)4-7(8)14-9(5-15)11-12-13-14/h2-4,15H,5H2,1H3. The molecule has 0 unspecified atom stereocenters. The first kappa shape index (κ1) is 10.5. The van der Waals surface area contributed by atoms with Crippen molar-refractivity contribution in [3.8, 4) is 11.4 Å². The highest BCUT2D eigenvalue weighted by Crippen LogP contribution is 2.23. The van der Waals surface area contributed by atoms with Crippen LogP contribution in [-0.2, 0) is 6.61 Å². The molecular weight excluding hydrogens is 215 g/mol. The molecule has 6 nitrogen and oxygen atoms in total. The van der Waals surface area contributed by atoms with Crippen molar-refractivity contribution < 1.29 is 14.2 Å². The lowest BCUT2D eigenvalue weighted by Gasteiger charge is -2.08. The quantitative estimate of drug-likeness (QED) is 0.811. The van der Waals surface area contributed by atoms with E-state index in [1.165, 1.54) is 30.0 Å². The van der Waals surface area contributed by atoms with Gasteiger partial charge in [-0.1, -0.05) is 0 Å². The third kappa shape index (κ3) is 1.72. The molecule has 2 rings (SSSR count). The number of hydrogen-bond donors (Lipinski definition) is 1. The molecule has 0 aliphatic rings. The van der Waals surface area contributed by atoms with E-state index in [1.807, 2.05) is 0 Å². The summed E-state index contributed by atoms with van der Waals surface area (Å²) in [6.45, 7) is -0.341. The van der Waals surface area contributed by atoms with E-state index in [4.69, 9.17) is 9.84 Å². The van der Waals surface area contributed by atoms with Gasteiger partial charge in [0.15, 0.2) is 5.82 Å². The fraction of sp³-hybridized carbons (Fsp3) is 0.222. The molecule has 0 saturated carbocycles. The number of aliphatic hydroxyl groups is 1. The van der Waals surface area contributed by atoms with Crippen LogP contribution in [0, 0.1) is 5.82 Å². The van der Waals surface area contributed by atoms with Gasteiger partial charge in [0.2, 0.25) is 0 Å². The number of ether oxygens (including phenoxy) is 1. The van der Waals surface area contributed by atoms with E-state index in [0.29, 0.717) is 11.4 Å². The molecule has 0 saturated heterocycles. The Morgan fingerprint density at radius 2 is 2.31 bits per heavy atom. The molecule has 0 aliphatic heterocycles. The Morgan fingerprint density at radius 1 is 1.50 bits per heavy atom. The number of methoxy groups -OCH3 is 1. The van der Waals surface area contributed by atoms with Gasteiger partial charge in [-0.25, -0.2) is 4.39 Å². The Hall–Kier alpha value is -2.02. The second-order valence-electron chi connectivity index (χ2n) is 2.98. The highest BCUT2D eigenvalue weighted by molar-refractivity contribution is 5.46. The van der Waals surface area contributed by atoms with E-state index in [1.54, 1.807) is 0 Å². The first-order valence-corrected chi connectivity index (χ1v) is 4.48. The van der Waals surface area contributed by atoms with E-state index in [9.17, 15) is 4.39 Å². The number of rotatable bonds is 3. The lowest BCUT2D eigenvalue weighted by atomic mass is 10.3. The number of hydrogen-bond acceptors (Lipinski definition) is 5. The summed E-state index contributed by atoms with van der Waals surface area (Å²) in [5.41, 5.74) is 0.344. The summed E-state index contributed by atoms with van der Waals surface area (Å²) in [5.74, 6) is 0.197. The summed E-state index contributed by atoms with van der Waals surface area (Å²) in [5, 5.41) is 19.6. The van der Waals surface area contributed by atoms with Gasteiger partial charge in [-0.15, -0.1) is 5.10 Å². The van der Waals surface area contributed by atoms with Gasteiger partial charge in [0.25, 0.3) is 0 Å². The van der Waals surface area contributed by atoms with Gasteiger partial charge in [-0.3, -0.25) is 0 Å². The first-order valence-electron chi connectivity index (χ1n) is 4.48. The summed E-state index contributed by atoms with van der Waals surface area (Å²) >= 11 is 0. The van der Waals surface area contributed by atoms with Gasteiger partial charge in [0.1, 0.15) is 23.9 Å². The molecule has 0 fully saturated rings. The summed E-state index contributed by atoms with van der Waals surface area (Å²) in [7, 11) is 1.46. The van der Waals surface area contributed by atoms with Gasteiger partial charge < -0.3 is 9.84 Å². The van der Waals surface area contributed by atoms with Crippen molar-refractivity contribution in [2.24, 2.45) is 0 Å². The molecule has 1 aromatic heterocycles. The normalized spacial score (nSPS) is 10.4. The molecule has 1 aromatic carbocycles. The topological polar surface area (TPSA) is 73.1 Å². The summed E-state index contributed by atoms with van der Waals surface area (Å²) in [6, 6.07) is 3.97. The van der Waals surface area contributed by atoms with Crippen molar-refractivity contribution in [2.75, 3.05) is 7.11 Å². The molecule has 1 N–H and O–H groups in total. The summed E-state index contributed by atoms with van der Waals surface area (Å²) < 4.78 is 19.4. The number of benzene rings is 1. The largest absolute Gasteiger partial charge is 0.494 e. The number of tetrazole rings is 1. The minimum absolute atomic E-state index is 0.212. The summed E-state index contributed by atoms with van der Waals surface area (Å²) in [6.07, 6.45) is 0. The Labute approximate surface area is 90.3 Å². The SMILES string of the molecule is COc1ccc(F)cc1-n1nnnc1CO. The van der Waals surface area contributed by atoms with Crippen LogP contribution in [0.2, 0.25) is 0 Å². The fourth-order valence-corrected chi connectivity index (χ4v) is 1.32. The van der Waals surface area contributed by atoms with Crippen molar-refractivity contribution in [3.63, 3.8) is 0 Å². The lowest BCUT2D eigenvalue weighted by molar-refractivity contribution is 0.267. The zero-order valence-corrected chi connectivity index (χ0v) is 8.46. The number of nitrogens with zero attached hydrogens (tertiary/aromatic N) is 4. The van der Waals surface area contributed by atoms with Crippen LogP contribution in [0.15, 0.2) is 18.2 Å². The van der Waals surface area contributed by atoms with Crippen LogP contribution in [0.1, 0.15) is 5.82 Å². The number of aromatic nitrogens is 4. The van der Waals surface area contributed by atoms with Crippen LogP contribution in [-0.4, -0.2) is 32.4 Å². The highest BCUT2D eigenvalue weighted by atomic mass is 19.1. The van der Waals surface area contributed by atoms with E-state index < -0.39 is 5.82 Å². The molecule has 84 valence electrons. The Morgan fingerprint density at radius 3 is 3.00 bits per heavy atom. The van der Waals surface area contributed by atoms with E-state index in [-0.39, 0.29) is 12.4 Å². The van der Waals surface area contributed by atoms with E-state index in [2.05, 4.69) is 15.5 Å². The maximum atomic E-state index is 13.1. The molecule has 0 spiro atoms. The Bertz CT molecular complexity index is 500. The second kappa shape index (κ2) is 4.23. The molecule has 0 amide bonds. The molecule has 0 bridgehead atoms. The molecule has 0 atom stereocenters. The maximum Gasteiger partial charge on any atom is 0.182 e. The molecule has 0 aliphatic carbocycles. The Kier molecular flexibility index (Phi) is 2.78. The number of halogens is 1. The molecule has 2 aromatic rings.